The van der Waals surface area contributed by atoms with Crippen LogP contribution in [0.4, 0.5) is 0 Å². The zero-order valence-corrected chi connectivity index (χ0v) is 17.5. The minimum Gasteiger partial charge on any atom is -0.487 e. The van der Waals surface area contributed by atoms with Crippen LogP contribution in [0.15, 0.2) is 48.5 Å². The lowest BCUT2D eigenvalue weighted by molar-refractivity contribution is -0.129. The Morgan fingerprint density at radius 3 is 2.64 bits per heavy atom. The minimum absolute atomic E-state index is 0.102. The van der Waals surface area contributed by atoms with E-state index in [-0.39, 0.29) is 17.6 Å². The van der Waals surface area contributed by atoms with E-state index in [2.05, 4.69) is 19.2 Å². The molecule has 3 rings (SSSR count). The minimum atomic E-state index is -0.578. The third kappa shape index (κ3) is 4.44. The molecule has 4 nitrogen and oxygen atoms in total. The van der Waals surface area contributed by atoms with Gasteiger partial charge in [0.1, 0.15) is 17.1 Å². The lowest BCUT2D eigenvalue weighted by Gasteiger charge is -2.42. The number of nitrogens with one attached hydrogen (secondary N) is 1. The van der Waals surface area contributed by atoms with E-state index in [1.807, 2.05) is 43.3 Å². The summed E-state index contributed by atoms with van der Waals surface area (Å²) in [6, 6.07) is 15.0. The number of carbonyl (C=O) groups excluding carboxylic acids is 1. The van der Waals surface area contributed by atoms with Crippen LogP contribution in [0.2, 0.25) is 5.02 Å². The molecule has 0 unspecified atom stereocenters. The zero-order chi connectivity index (χ0) is 20.1. The van der Waals surface area contributed by atoms with E-state index in [1.54, 1.807) is 12.1 Å². The van der Waals surface area contributed by atoms with Crippen molar-refractivity contribution in [2.75, 3.05) is 0 Å². The summed E-state index contributed by atoms with van der Waals surface area (Å²) in [4.78, 5) is 13.0. The highest BCUT2D eigenvalue weighted by atomic mass is 35.5. The maximum absolute atomic E-state index is 13.0. The number of amides is 1. The van der Waals surface area contributed by atoms with Gasteiger partial charge in [-0.3, -0.25) is 4.79 Å². The van der Waals surface area contributed by atoms with Crippen LogP contribution in [-0.4, -0.2) is 17.6 Å². The van der Waals surface area contributed by atoms with Crippen LogP contribution in [0.1, 0.15) is 58.1 Å². The van der Waals surface area contributed by atoms with Gasteiger partial charge in [0, 0.05) is 17.0 Å². The molecule has 1 amide bonds. The SMILES string of the molecule is CC[C@H](Oc1cccc(Cl)c1)C(=O)N[C@H]1CC(CC)(CC)Oc2ccccc21. The van der Waals surface area contributed by atoms with Crippen molar-refractivity contribution in [2.45, 2.75) is 64.2 Å². The van der Waals surface area contributed by atoms with Gasteiger partial charge in [-0.25, -0.2) is 0 Å². The number of hydrogen-bond donors (Lipinski definition) is 1. The third-order valence-electron chi connectivity index (χ3n) is 5.54. The molecular formula is C23H28ClNO3. The highest BCUT2D eigenvalue weighted by Gasteiger charge is 2.39. The molecule has 1 N–H and O–H groups in total. The maximum Gasteiger partial charge on any atom is 0.261 e. The molecule has 0 aromatic heterocycles. The Bertz CT molecular complexity index is 819. The average Bonchev–Trinajstić information content (AvgIpc) is 2.71. The van der Waals surface area contributed by atoms with E-state index in [9.17, 15) is 4.79 Å². The maximum atomic E-state index is 13.0. The van der Waals surface area contributed by atoms with E-state index in [4.69, 9.17) is 21.1 Å². The van der Waals surface area contributed by atoms with Crippen molar-refractivity contribution in [2.24, 2.45) is 0 Å². The van der Waals surface area contributed by atoms with E-state index in [0.717, 1.165) is 30.6 Å². The van der Waals surface area contributed by atoms with Gasteiger partial charge >= 0.3 is 0 Å². The highest BCUT2D eigenvalue weighted by molar-refractivity contribution is 6.30. The number of benzene rings is 2. The predicted molar refractivity (Wildman–Crippen MR) is 112 cm³/mol. The zero-order valence-electron chi connectivity index (χ0n) is 16.7. The van der Waals surface area contributed by atoms with Crippen LogP contribution in [-0.2, 0) is 4.79 Å². The summed E-state index contributed by atoms with van der Waals surface area (Å²) >= 11 is 6.03. The summed E-state index contributed by atoms with van der Waals surface area (Å²) in [6.45, 7) is 6.20. The van der Waals surface area contributed by atoms with Gasteiger partial charge in [-0.15, -0.1) is 0 Å². The third-order valence-corrected chi connectivity index (χ3v) is 5.77. The molecule has 5 heteroatoms. The lowest BCUT2D eigenvalue weighted by atomic mass is 9.83. The van der Waals surface area contributed by atoms with Crippen LogP contribution in [0.5, 0.6) is 11.5 Å². The summed E-state index contributed by atoms with van der Waals surface area (Å²) < 4.78 is 12.2. The fraction of sp³-hybridized carbons (Fsp3) is 0.435. The molecule has 150 valence electrons. The van der Waals surface area contributed by atoms with Gasteiger partial charge in [-0.2, -0.15) is 0 Å². The van der Waals surface area contributed by atoms with Crippen LogP contribution in [0.3, 0.4) is 0 Å². The van der Waals surface area contributed by atoms with Gasteiger partial charge in [0.15, 0.2) is 6.10 Å². The molecule has 0 saturated carbocycles. The van der Waals surface area contributed by atoms with Crippen molar-refractivity contribution < 1.29 is 14.3 Å². The molecule has 0 radical (unpaired) electrons. The monoisotopic (exact) mass is 401 g/mol. The Labute approximate surface area is 172 Å². The molecule has 2 atom stereocenters. The van der Waals surface area contributed by atoms with Crippen molar-refractivity contribution in [3.8, 4) is 11.5 Å². The molecule has 0 spiro atoms. The number of carbonyl (C=O) groups is 1. The van der Waals surface area contributed by atoms with Crippen LogP contribution in [0, 0.1) is 0 Å². The molecule has 0 fully saturated rings. The summed E-state index contributed by atoms with van der Waals surface area (Å²) in [7, 11) is 0. The van der Waals surface area contributed by atoms with Crippen molar-refractivity contribution in [3.05, 3.63) is 59.1 Å². The first-order valence-corrected chi connectivity index (χ1v) is 10.4. The number of halogens is 1. The first-order valence-electron chi connectivity index (χ1n) is 10.0. The summed E-state index contributed by atoms with van der Waals surface area (Å²) in [5.74, 6) is 1.33. The second-order valence-corrected chi connectivity index (χ2v) is 7.70. The molecule has 2 aromatic carbocycles. The van der Waals surface area contributed by atoms with E-state index < -0.39 is 6.10 Å². The van der Waals surface area contributed by atoms with Gasteiger partial charge in [0.2, 0.25) is 0 Å². The fourth-order valence-corrected chi connectivity index (χ4v) is 3.90. The Balaban J connectivity index is 1.79. The standard InChI is InChI=1S/C23H28ClNO3/c1-4-20(27-17-11-9-10-16(24)14-17)22(26)25-19-15-23(5-2,6-3)28-21-13-8-7-12-18(19)21/h7-14,19-20H,4-6,15H2,1-3H3,(H,25,26)/t19-,20-/m0/s1. The van der Waals surface area contributed by atoms with Crippen molar-refractivity contribution in [1.29, 1.82) is 0 Å². The van der Waals surface area contributed by atoms with Crippen molar-refractivity contribution in [3.63, 3.8) is 0 Å². The second-order valence-electron chi connectivity index (χ2n) is 7.27. The fourth-order valence-electron chi connectivity index (χ4n) is 3.72. The largest absolute Gasteiger partial charge is 0.487 e. The van der Waals surface area contributed by atoms with Gasteiger partial charge < -0.3 is 14.8 Å². The number of fused-ring (bicyclic) bond motifs is 1. The van der Waals surface area contributed by atoms with Crippen LogP contribution < -0.4 is 14.8 Å². The molecule has 0 saturated heterocycles. The quantitative estimate of drug-likeness (QED) is 0.647. The lowest BCUT2D eigenvalue weighted by Crippen LogP contribution is -2.47. The van der Waals surface area contributed by atoms with Crippen molar-refractivity contribution in [1.82, 2.24) is 5.32 Å². The number of ether oxygens (including phenoxy) is 2. The molecule has 0 aliphatic carbocycles. The Morgan fingerprint density at radius 2 is 1.96 bits per heavy atom. The molecule has 1 aliphatic heterocycles. The molecular weight excluding hydrogens is 374 g/mol. The van der Waals surface area contributed by atoms with Crippen LogP contribution >= 0.6 is 11.6 Å². The van der Waals surface area contributed by atoms with E-state index in [1.165, 1.54) is 0 Å². The van der Waals surface area contributed by atoms with Crippen LogP contribution in [0.25, 0.3) is 0 Å². The first-order chi connectivity index (χ1) is 13.5. The summed E-state index contributed by atoms with van der Waals surface area (Å²) in [6.07, 6.45) is 2.51. The van der Waals surface area contributed by atoms with Gasteiger partial charge in [0.05, 0.1) is 6.04 Å². The number of rotatable bonds is 7. The van der Waals surface area contributed by atoms with Gasteiger partial charge in [0.25, 0.3) is 5.91 Å². The summed E-state index contributed by atoms with van der Waals surface area (Å²) in [5.41, 5.74) is 0.757. The molecule has 1 aliphatic rings. The smallest absolute Gasteiger partial charge is 0.261 e. The average molecular weight is 402 g/mol. The highest BCUT2D eigenvalue weighted by Crippen LogP contribution is 2.42. The predicted octanol–water partition coefficient (Wildman–Crippen LogP) is 5.70. The molecule has 0 bridgehead atoms. The van der Waals surface area contributed by atoms with Gasteiger partial charge in [-0.1, -0.05) is 56.6 Å². The van der Waals surface area contributed by atoms with E-state index >= 15 is 0 Å². The Kier molecular flexibility index (Phi) is 6.50. The van der Waals surface area contributed by atoms with Gasteiger partial charge in [-0.05, 0) is 43.5 Å². The molecule has 1 heterocycles. The molecule has 28 heavy (non-hydrogen) atoms. The first kappa shape index (κ1) is 20.5. The van der Waals surface area contributed by atoms with E-state index in [0.29, 0.717) is 17.2 Å². The Hall–Kier alpha value is -2.20. The normalized spacial score (nSPS) is 18.5. The number of hydrogen-bond acceptors (Lipinski definition) is 3. The topological polar surface area (TPSA) is 47.6 Å². The Morgan fingerprint density at radius 1 is 1.21 bits per heavy atom. The number of para-hydroxylation sites is 1. The van der Waals surface area contributed by atoms with Crippen molar-refractivity contribution >= 4 is 17.5 Å². The second kappa shape index (κ2) is 8.87. The summed E-state index contributed by atoms with van der Waals surface area (Å²) in [5, 5.41) is 3.79. The molecule has 2 aromatic rings.